The summed E-state index contributed by atoms with van der Waals surface area (Å²) in [5.41, 5.74) is 0. The zero-order chi connectivity index (χ0) is 14.7. The maximum absolute atomic E-state index is 11.5. The summed E-state index contributed by atoms with van der Waals surface area (Å²) in [5, 5.41) is 2.98. The molecule has 21 heavy (non-hydrogen) atoms. The van der Waals surface area contributed by atoms with Gasteiger partial charge in [0.1, 0.15) is 0 Å². The Morgan fingerprint density at radius 3 is 2.67 bits per heavy atom. The highest BCUT2D eigenvalue weighted by atomic mass is 32.1. The van der Waals surface area contributed by atoms with Crippen molar-refractivity contribution in [3.63, 3.8) is 0 Å². The molecular formula is C16H25N3OS. The number of carbonyl (C=O) groups excluding carboxylic acids is 1. The molecular weight excluding hydrogens is 282 g/mol. The van der Waals surface area contributed by atoms with Crippen LogP contribution in [0.3, 0.4) is 0 Å². The van der Waals surface area contributed by atoms with Crippen molar-refractivity contribution in [3.8, 4) is 0 Å². The number of hydrogen-bond acceptors (Lipinski definition) is 4. The van der Waals surface area contributed by atoms with E-state index in [0.29, 0.717) is 12.5 Å². The minimum Gasteiger partial charge on any atom is -0.355 e. The van der Waals surface area contributed by atoms with Crippen molar-refractivity contribution in [1.29, 1.82) is 0 Å². The number of likely N-dealkylation sites (tertiary alicyclic amines) is 1. The largest absolute Gasteiger partial charge is 0.355 e. The van der Waals surface area contributed by atoms with Gasteiger partial charge in [0, 0.05) is 48.4 Å². The molecule has 0 spiro atoms. The van der Waals surface area contributed by atoms with Crippen molar-refractivity contribution in [2.45, 2.75) is 45.3 Å². The van der Waals surface area contributed by atoms with E-state index in [0.717, 1.165) is 26.2 Å². The average Bonchev–Trinajstić information content (AvgIpc) is 3.10. The Morgan fingerprint density at radius 2 is 1.90 bits per heavy atom. The third-order valence-electron chi connectivity index (χ3n) is 4.50. The van der Waals surface area contributed by atoms with Gasteiger partial charge in [0.05, 0.1) is 0 Å². The van der Waals surface area contributed by atoms with E-state index >= 15 is 0 Å². The smallest absolute Gasteiger partial charge is 0.221 e. The second-order valence-electron chi connectivity index (χ2n) is 6.22. The minimum absolute atomic E-state index is 0.185. The second-order valence-corrected chi connectivity index (χ2v) is 7.48. The number of carbonyl (C=O) groups is 1. The standard InChI is InChI=1S/C16H25N3OS/c1-13-10-17-16(20)6-9-19(13)12-15-5-4-14(21-15)11-18-7-2-3-8-18/h4-5,13H,2-3,6-12H2,1H3,(H,17,20)/t13-/m1/s1. The lowest BCUT2D eigenvalue weighted by atomic mass is 10.2. The van der Waals surface area contributed by atoms with E-state index in [1.165, 1.54) is 35.7 Å². The number of amides is 1. The highest BCUT2D eigenvalue weighted by molar-refractivity contribution is 7.11. The van der Waals surface area contributed by atoms with Gasteiger partial charge in [-0.2, -0.15) is 0 Å². The zero-order valence-electron chi connectivity index (χ0n) is 12.8. The van der Waals surface area contributed by atoms with Gasteiger partial charge in [-0.15, -0.1) is 11.3 Å². The molecule has 2 aliphatic heterocycles. The fraction of sp³-hybridized carbons (Fsp3) is 0.688. The molecule has 2 saturated heterocycles. The fourth-order valence-electron chi connectivity index (χ4n) is 3.13. The van der Waals surface area contributed by atoms with Crippen LogP contribution in [0.2, 0.25) is 0 Å². The van der Waals surface area contributed by atoms with E-state index in [-0.39, 0.29) is 5.91 Å². The normalized spacial score (nSPS) is 25.0. The molecule has 1 atom stereocenters. The number of rotatable bonds is 4. The van der Waals surface area contributed by atoms with Crippen LogP contribution in [0.15, 0.2) is 12.1 Å². The summed E-state index contributed by atoms with van der Waals surface area (Å²) in [6, 6.07) is 4.97. The third-order valence-corrected chi connectivity index (χ3v) is 5.55. The first-order chi connectivity index (χ1) is 10.2. The topological polar surface area (TPSA) is 35.6 Å². The molecule has 2 aliphatic rings. The molecule has 0 bridgehead atoms. The first kappa shape index (κ1) is 15.0. The van der Waals surface area contributed by atoms with E-state index in [1.807, 2.05) is 11.3 Å². The molecule has 0 saturated carbocycles. The zero-order valence-corrected chi connectivity index (χ0v) is 13.6. The lowest BCUT2D eigenvalue weighted by molar-refractivity contribution is -0.120. The summed E-state index contributed by atoms with van der Waals surface area (Å²) < 4.78 is 0. The van der Waals surface area contributed by atoms with Crippen LogP contribution in [0.1, 0.15) is 35.9 Å². The molecule has 1 N–H and O–H groups in total. The number of nitrogens with one attached hydrogen (secondary N) is 1. The van der Waals surface area contributed by atoms with E-state index in [1.54, 1.807) is 0 Å². The van der Waals surface area contributed by atoms with Gasteiger partial charge >= 0.3 is 0 Å². The van der Waals surface area contributed by atoms with E-state index in [2.05, 4.69) is 34.2 Å². The van der Waals surface area contributed by atoms with Gasteiger partial charge in [0.25, 0.3) is 0 Å². The Labute approximate surface area is 131 Å². The summed E-state index contributed by atoms with van der Waals surface area (Å²) in [4.78, 5) is 19.3. The van der Waals surface area contributed by atoms with E-state index in [4.69, 9.17) is 0 Å². The molecule has 3 rings (SSSR count). The Morgan fingerprint density at radius 1 is 1.19 bits per heavy atom. The van der Waals surface area contributed by atoms with E-state index < -0.39 is 0 Å². The van der Waals surface area contributed by atoms with Gasteiger partial charge in [-0.25, -0.2) is 0 Å². The molecule has 0 aliphatic carbocycles. The predicted octanol–water partition coefficient (Wildman–Crippen LogP) is 2.05. The van der Waals surface area contributed by atoms with Gasteiger partial charge < -0.3 is 5.32 Å². The van der Waals surface area contributed by atoms with Crippen LogP contribution in [-0.2, 0) is 17.9 Å². The maximum Gasteiger partial charge on any atom is 0.221 e. The summed E-state index contributed by atoms with van der Waals surface area (Å²) in [6.07, 6.45) is 3.32. The van der Waals surface area contributed by atoms with E-state index in [9.17, 15) is 4.79 Å². The third kappa shape index (κ3) is 4.05. The Bertz CT molecular complexity index is 482. The van der Waals surface area contributed by atoms with Crippen molar-refractivity contribution in [2.24, 2.45) is 0 Å². The van der Waals surface area contributed by atoms with Crippen molar-refractivity contribution >= 4 is 17.2 Å². The molecule has 0 radical (unpaired) electrons. The molecule has 5 heteroatoms. The van der Waals surface area contributed by atoms with Crippen molar-refractivity contribution in [2.75, 3.05) is 26.2 Å². The van der Waals surface area contributed by atoms with Crippen LogP contribution < -0.4 is 5.32 Å². The summed E-state index contributed by atoms with van der Waals surface area (Å²) in [5.74, 6) is 0.185. The molecule has 4 nitrogen and oxygen atoms in total. The summed E-state index contributed by atoms with van der Waals surface area (Å²) in [7, 11) is 0. The van der Waals surface area contributed by atoms with Gasteiger partial charge in [-0.3, -0.25) is 14.6 Å². The predicted molar refractivity (Wildman–Crippen MR) is 86.3 cm³/mol. The van der Waals surface area contributed by atoms with Crippen molar-refractivity contribution < 1.29 is 4.79 Å². The first-order valence-electron chi connectivity index (χ1n) is 8.01. The summed E-state index contributed by atoms with van der Waals surface area (Å²) >= 11 is 1.93. The minimum atomic E-state index is 0.185. The number of hydrogen-bond donors (Lipinski definition) is 1. The van der Waals surface area contributed by atoms with Gasteiger partial charge in [0.15, 0.2) is 0 Å². The molecule has 1 aromatic rings. The van der Waals surface area contributed by atoms with Crippen molar-refractivity contribution in [3.05, 3.63) is 21.9 Å². The van der Waals surface area contributed by atoms with Crippen LogP contribution in [-0.4, -0.2) is 47.9 Å². The van der Waals surface area contributed by atoms with Crippen LogP contribution in [0, 0.1) is 0 Å². The quantitative estimate of drug-likeness (QED) is 0.925. The number of nitrogens with zero attached hydrogens (tertiary/aromatic N) is 2. The van der Waals surface area contributed by atoms with Crippen LogP contribution in [0.4, 0.5) is 0 Å². The molecule has 2 fully saturated rings. The number of thiophene rings is 1. The molecule has 0 unspecified atom stereocenters. The summed E-state index contributed by atoms with van der Waals surface area (Å²) in [6.45, 7) is 8.43. The monoisotopic (exact) mass is 307 g/mol. The molecule has 1 aromatic heterocycles. The second kappa shape index (κ2) is 6.90. The Kier molecular flexibility index (Phi) is 4.93. The SMILES string of the molecule is C[C@@H]1CNC(=O)CCN1Cc1ccc(CN2CCCC2)s1. The fourth-order valence-corrected chi connectivity index (χ4v) is 4.22. The molecule has 116 valence electrons. The molecule has 0 aromatic carbocycles. The lowest BCUT2D eigenvalue weighted by Gasteiger charge is -2.25. The highest BCUT2D eigenvalue weighted by Crippen LogP contribution is 2.23. The Balaban J connectivity index is 1.56. The average molecular weight is 307 g/mol. The van der Waals surface area contributed by atoms with Gasteiger partial charge in [-0.05, 0) is 45.0 Å². The van der Waals surface area contributed by atoms with Gasteiger partial charge in [0.2, 0.25) is 5.91 Å². The van der Waals surface area contributed by atoms with Gasteiger partial charge in [-0.1, -0.05) is 0 Å². The Hall–Kier alpha value is -0.910. The van der Waals surface area contributed by atoms with Crippen molar-refractivity contribution in [1.82, 2.24) is 15.1 Å². The van der Waals surface area contributed by atoms with Crippen LogP contribution in [0.5, 0.6) is 0 Å². The van der Waals surface area contributed by atoms with Crippen LogP contribution in [0.25, 0.3) is 0 Å². The highest BCUT2D eigenvalue weighted by Gasteiger charge is 2.21. The lowest BCUT2D eigenvalue weighted by Crippen LogP contribution is -2.37. The first-order valence-corrected chi connectivity index (χ1v) is 8.83. The maximum atomic E-state index is 11.5. The van der Waals surface area contributed by atoms with Crippen LogP contribution >= 0.6 is 11.3 Å². The molecule has 1 amide bonds. The molecule has 3 heterocycles.